The molecule has 140 valence electrons. The summed E-state index contributed by atoms with van der Waals surface area (Å²) in [5.41, 5.74) is 2.49. The van der Waals surface area contributed by atoms with Crippen LogP contribution >= 0.6 is 0 Å². The number of hydrogen-bond donors (Lipinski definition) is 1. The Morgan fingerprint density at radius 2 is 1.73 bits per heavy atom. The van der Waals surface area contributed by atoms with E-state index >= 15 is 0 Å². The lowest BCUT2D eigenvalue weighted by atomic mass is 10.2. The SMILES string of the molecule is Cc1cnc(NCCN2CCN(Cc3ccccc3)CC2)nc1N(C)C. The average Bonchev–Trinajstić information content (AvgIpc) is 2.65. The summed E-state index contributed by atoms with van der Waals surface area (Å²) in [7, 11) is 4.02. The van der Waals surface area contributed by atoms with Gasteiger partial charge < -0.3 is 10.2 Å². The maximum absolute atomic E-state index is 4.59. The van der Waals surface area contributed by atoms with Crippen molar-refractivity contribution >= 4 is 11.8 Å². The van der Waals surface area contributed by atoms with Crippen LogP contribution in [-0.2, 0) is 6.54 Å². The minimum atomic E-state index is 0.710. The van der Waals surface area contributed by atoms with Crippen molar-refractivity contribution < 1.29 is 0 Å². The predicted molar refractivity (Wildman–Crippen MR) is 108 cm³/mol. The molecule has 6 nitrogen and oxygen atoms in total. The van der Waals surface area contributed by atoms with E-state index in [1.807, 2.05) is 32.1 Å². The number of rotatable bonds is 7. The summed E-state index contributed by atoms with van der Waals surface area (Å²) in [6.45, 7) is 9.47. The number of anilines is 2. The summed E-state index contributed by atoms with van der Waals surface area (Å²) >= 11 is 0. The Morgan fingerprint density at radius 1 is 1.04 bits per heavy atom. The maximum atomic E-state index is 4.59. The molecule has 0 bridgehead atoms. The summed E-state index contributed by atoms with van der Waals surface area (Å²) in [6, 6.07) is 10.7. The first kappa shape index (κ1) is 18.6. The largest absolute Gasteiger partial charge is 0.362 e. The molecule has 0 aliphatic carbocycles. The van der Waals surface area contributed by atoms with E-state index in [2.05, 4.69) is 55.4 Å². The Kier molecular flexibility index (Phi) is 6.41. The zero-order chi connectivity index (χ0) is 18.4. The van der Waals surface area contributed by atoms with Crippen LogP contribution < -0.4 is 10.2 Å². The van der Waals surface area contributed by atoms with Crippen molar-refractivity contribution in [1.29, 1.82) is 0 Å². The second kappa shape index (κ2) is 8.96. The average molecular weight is 355 g/mol. The van der Waals surface area contributed by atoms with Crippen LogP contribution in [0.4, 0.5) is 11.8 Å². The lowest BCUT2D eigenvalue weighted by molar-refractivity contribution is 0.130. The smallest absolute Gasteiger partial charge is 0.224 e. The second-order valence-electron chi connectivity index (χ2n) is 7.12. The highest BCUT2D eigenvalue weighted by Gasteiger charge is 2.16. The fourth-order valence-electron chi connectivity index (χ4n) is 3.31. The van der Waals surface area contributed by atoms with Crippen LogP contribution in [0.25, 0.3) is 0 Å². The zero-order valence-corrected chi connectivity index (χ0v) is 16.1. The molecule has 0 atom stereocenters. The van der Waals surface area contributed by atoms with Crippen LogP contribution in [0.1, 0.15) is 11.1 Å². The summed E-state index contributed by atoms with van der Waals surface area (Å²) in [4.78, 5) is 16.0. The van der Waals surface area contributed by atoms with E-state index in [4.69, 9.17) is 0 Å². The van der Waals surface area contributed by atoms with Crippen LogP contribution in [0.2, 0.25) is 0 Å². The van der Waals surface area contributed by atoms with Crippen molar-refractivity contribution in [1.82, 2.24) is 19.8 Å². The first-order chi connectivity index (χ1) is 12.6. The molecule has 26 heavy (non-hydrogen) atoms. The minimum absolute atomic E-state index is 0.710. The van der Waals surface area contributed by atoms with Crippen LogP contribution in [0.3, 0.4) is 0 Å². The highest BCUT2D eigenvalue weighted by molar-refractivity contribution is 5.47. The monoisotopic (exact) mass is 354 g/mol. The molecule has 0 saturated carbocycles. The van der Waals surface area contributed by atoms with Gasteiger partial charge in [-0.2, -0.15) is 4.98 Å². The summed E-state index contributed by atoms with van der Waals surface area (Å²) < 4.78 is 0. The lowest BCUT2D eigenvalue weighted by Crippen LogP contribution is -2.47. The Labute approximate surface area is 156 Å². The minimum Gasteiger partial charge on any atom is -0.362 e. The zero-order valence-electron chi connectivity index (χ0n) is 16.1. The number of benzene rings is 1. The fourth-order valence-corrected chi connectivity index (χ4v) is 3.31. The molecule has 1 saturated heterocycles. The van der Waals surface area contributed by atoms with Crippen molar-refractivity contribution in [3.8, 4) is 0 Å². The fraction of sp³-hybridized carbons (Fsp3) is 0.500. The van der Waals surface area contributed by atoms with E-state index < -0.39 is 0 Å². The van der Waals surface area contributed by atoms with E-state index in [1.54, 1.807) is 0 Å². The number of nitrogens with zero attached hydrogens (tertiary/aromatic N) is 5. The van der Waals surface area contributed by atoms with E-state index in [9.17, 15) is 0 Å². The van der Waals surface area contributed by atoms with Crippen molar-refractivity contribution in [2.75, 3.05) is 63.6 Å². The van der Waals surface area contributed by atoms with Crippen LogP contribution in [0, 0.1) is 6.92 Å². The van der Waals surface area contributed by atoms with Gasteiger partial charge in [0.15, 0.2) is 0 Å². The summed E-state index contributed by atoms with van der Waals surface area (Å²) in [5, 5.41) is 3.36. The number of piperazine rings is 1. The third kappa shape index (κ3) is 5.16. The number of aromatic nitrogens is 2. The molecule has 6 heteroatoms. The lowest BCUT2D eigenvalue weighted by Gasteiger charge is -2.34. The Bertz CT molecular complexity index is 680. The molecule has 2 heterocycles. The topological polar surface area (TPSA) is 47.5 Å². The van der Waals surface area contributed by atoms with Crippen LogP contribution in [0.5, 0.6) is 0 Å². The maximum Gasteiger partial charge on any atom is 0.224 e. The second-order valence-corrected chi connectivity index (χ2v) is 7.12. The van der Waals surface area contributed by atoms with E-state index in [0.29, 0.717) is 5.95 Å². The Morgan fingerprint density at radius 3 is 2.42 bits per heavy atom. The first-order valence-corrected chi connectivity index (χ1v) is 9.35. The number of nitrogens with one attached hydrogen (secondary N) is 1. The standard InChI is InChI=1S/C20H30N6/c1-17-15-22-20(23-19(17)24(2)3)21-9-10-25-11-13-26(14-12-25)16-18-7-5-4-6-8-18/h4-8,15H,9-14,16H2,1-3H3,(H,21,22,23). The Hall–Kier alpha value is -2.18. The van der Waals surface area contributed by atoms with Gasteiger partial charge in [0.1, 0.15) is 5.82 Å². The molecule has 0 spiro atoms. The summed E-state index contributed by atoms with van der Waals surface area (Å²) in [6.07, 6.45) is 1.88. The first-order valence-electron chi connectivity index (χ1n) is 9.35. The van der Waals surface area contributed by atoms with E-state index in [1.165, 1.54) is 5.56 Å². The molecular formula is C20H30N6. The van der Waals surface area contributed by atoms with Gasteiger partial charge in [-0.25, -0.2) is 4.98 Å². The third-order valence-corrected chi connectivity index (χ3v) is 4.79. The molecule has 1 aromatic carbocycles. The molecule has 0 unspecified atom stereocenters. The van der Waals surface area contributed by atoms with Crippen molar-refractivity contribution in [3.63, 3.8) is 0 Å². The summed E-state index contributed by atoms with van der Waals surface area (Å²) in [5.74, 6) is 1.68. The van der Waals surface area contributed by atoms with Gasteiger partial charge in [-0.1, -0.05) is 30.3 Å². The highest BCUT2D eigenvalue weighted by Crippen LogP contribution is 2.15. The van der Waals surface area contributed by atoms with Crippen LogP contribution in [-0.4, -0.2) is 73.1 Å². The van der Waals surface area contributed by atoms with Crippen molar-refractivity contribution in [2.45, 2.75) is 13.5 Å². The normalized spacial score (nSPS) is 15.8. The predicted octanol–water partition coefficient (Wildman–Crippen LogP) is 2.08. The molecule has 1 fully saturated rings. The quantitative estimate of drug-likeness (QED) is 0.821. The van der Waals surface area contributed by atoms with Gasteiger partial charge in [0, 0.05) is 71.7 Å². The van der Waals surface area contributed by atoms with Gasteiger partial charge in [0.25, 0.3) is 0 Å². The molecule has 1 aromatic heterocycles. The van der Waals surface area contributed by atoms with Crippen molar-refractivity contribution in [3.05, 3.63) is 47.7 Å². The Balaban J connectivity index is 1.40. The molecule has 2 aromatic rings. The number of hydrogen-bond acceptors (Lipinski definition) is 6. The van der Waals surface area contributed by atoms with Gasteiger partial charge in [0.2, 0.25) is 5.95 Å². The van der Waals surface area contributed by atoms with E-state index in [-0.39, 0.29) is 0 Å². The molecule has 1 aliphatic rings. The third-order valence-electron chi connectivity index (χ3n) is 4.79. The van der Waals surface area contributed by atoms with Gasteiger partial charge >= 0.3 is 0 Å². The molecule has 0 amide bonds. The molecular weight excluding hydrogens is 324 g/mol. The highest BCUT2D eigenvalue weighted by atomic mass is 15.3. The van der Waals surface area contributed by atoms with Gasteiger partial charge in [-0.05, 0) is 12.5 Å². The van der Waals surface area contributed by atoms with Gasteiger partial charge in [-0.3, -0.25) is 9.80 Å². The van der Waals surface area contributed by atoms with Crippen molar-refractivity contribution in [2.24, 2.45) is 0 Å². The molecule has 1 N–H and O–H groups in total. The van der Waals surface area contributed by atoms with Gasteiger partial charge in [0.05, 0.1) is 0 Å². The van der Waals surface area contributed by atoms with Crippen LogP contribution in [0.15, 0.2) is 36.5 Å². The number of aryl methyl sites for hydroxylation is 1. The van der Waals surface area contributed by atoms with E-state index in [0.717, 1.165) is 57.2 Å². The van der Waals surface area contributed by atoms with Gasteiger partial charge in [-0.15, -0.1) is 0 Å². The molecule has 3 rings (SSSR count). The molecule has 0 radical (unpaired) electrons. The molecule has 1 aliphatic heterocycles.